The predicted molar refractivity (Wildman–Crippen MR) is 231 cm³/mol. The van der Waals surface area contributed by atoms with Gasteiger partial charge in [0.15, 0.2) is 0 Å². The Hall–Kier alpha value is -1.99. The summed E-state index contributed by atoms with van der Waals surface area (Å²) < 4.78 is 0. The van der Waals surface area contributed by atoms with E-state index < -0.39 is 0 Å². The molecule has 0 fully saturated rings. The number of benzene rings is 2. The predicted octanol–water partition coefficient (Wildman–Crippen LogP) is 16.9. The molecule has 0 spiro atoms. The van der Waals surface area contributed by atoms with Gasteiger partial charge in [-0.05, 0) is 99.6 Å². The van der Waals surface area contributed by atoms with Crippen molar-refractivity contribution in [1.82, 2.24) is 0 Å². The molecule has 0 bridgehead atoms. The molecule has 2 nitrogen and oxygen atoms in total. The molecule has 0 amide bonds. The summed E-state index contributed by atoms with van der Waals surface area (Å²) in [5.41, 5.74) is 9.06. The van der Waals surface area contributed by atoms with Crippen LogP contribution in [0.15, 0.2) is 58.5 Å². The van der Waals surface area contributed by atoms with E-state index in [0.717, 1.165) is 35.6 Å². The Morgan fingerprint density at radius 3 is 1.06 bits per heavy atom. The van der Waals surface area contributed by atoms with Crippen molar-refractivity contribution < 1.29 is 16.5 Å². The number of hydrogen-bond acceptors (Lipinski definition) is 2. The summed E-state index contributed by atoms with van der Waals surface area (Å²) >= 11 is 0. The molecule has 296 valence electrons. The molecule has 0 aliphatic carbocycles. The minimum Gasteiger partial charge on any atom is -0.251 e. The van der Waals surface area contributed by atoms with E-state index in [2.05, 4.69) is 90.1 Å². The molecule has 3 heteroatoms. The standard InChI is InChI=1S/C49H80N2.Ni/c1-7-9-10-11-12-13-14-15-16-17-18-19-20-21-22-23-24-25-26-27-28-29-30-31-32-33-34-35-49(51-47-40-44(5)37-45(6)41-47)48(8-2)50-46-38-42(3)36-43(4)39-46;/h34-41H,7-33H2,1-6H3;/b35-34+,50-48+,51-49+;. The Morgan fingerprint density at radius 1 is 0.423 bits per heavy atom. The van der Waals surface area contributed by atoms with Crippen molar-refractivity contribution in [3.63, 3.8) is 0 Å². The van der Waals surface area contributed by atoms with Crippen LogP contribution in [0.3, 0.4) is 0 Å². The number of aryl methyl sites for hydroxylation is 4. The molecule has 2 rings (SSSR count). The van der Waals surface area contributed by atoms with Crippen LogP contribution in [-0.4, -0.2) is 11.4 Å². The number of allylic oxidation sites excluding steroid dienone is 2. The van der Waals surface area contributed by atoms with Gasteiger partial charge in [-0.1, -0.05) is 186 Å². The third kappa shape index (κ3) is 25.1. The monoisotopic (exact) mass is 755 g/mol. The summed E-state index contributed by atoms with van der Waals surface area (Å²) in [4.78, 5) is 10.2. The molecule has 0 aliphatic heterocycles. The van der Waals surface area contributed by atoms with Gasteiger partial charge in [-0.3, -0.25) is 4.99 Å². The quantitative estimate of drug-likeness (QED) is 0.0416. The number of nitrogens with zero attached hydrogens (tertiary/aromatic N) is 2. The summed E-state index contributed by atoms with van der Waals surface area (Å²) in [6.45, 7) is 13.1. The first-order valence-corrected chi connectivity index (χ1v) is 21.9. The molecule has 0 unspecified atom stereocenters. The van der Waals surface area contributed by atoms with Gasteiger partial charge in [0.25, 0.3) is 0 Å². The van der Waals surface area contributed by atoms with Crippen LogP contribution in [0.1, 0.15) is 209 Å². The third-order valence-corrected chi connectivity index (χ3v) is 10.3. The summed E-state index contributed by atoms with van der Waals surface area (Å²) in [6, 6.07) is 13.1. The van der Waals surface area contributed by atoms with Gasteiger partial charge in [0.2, 0.25) is 0 Å². The minimum absolute atomic E-state index is 0. The Morgan fingerprint density at radius 2 is 0.731 bits per heavy atom. The molecular weight excluding hydrogens is 675 g/mol. The molecule has 2 aromatic rings. The molecule has 0 atom stereocenters. The maximum Gasteiger partial charge on any atom is 0.0848 e. The zero-order valence-corrected chi connectivity index (χ0v) is 35.9. The van der Waals surface area contributed by atoms with Crippen molar-refractivity contribution in [1.29, 1.82) is 0 Å². The maximum absolute atomic E-state index is 5.13. The Bertz CT molecular complexity index is 1220. The fraction of sp³-hybridized carbons (Fsp3) is 0.673. The van der Waals surface area contributed by atoms with Crippen molar-refractivity contribution in [3.05, 3.63) is 70.8 Å². The number of rotatable bonds is 31. The van der Waals surface area contributed by atoms with Crippen LogP contribution in [0, 0.1) is 27.7 Å². The average Bonchev–Trinajstić information content (AvgIpc) is 3.09. The molecule has 0 saturated carbocycles. The van der Waals surface area contributed by atoms with E-state index in [1.54, 1.807) is 0 Å². The summed E-state index contributed by atoms with van der Waals surface area (Å²) in [5, 5.41) is 0. The molecule has 0 radical (unpaired) electrons. The van der Waals surface area contributed by atoms with E-state index in [4.69, 9.17) is 9.98 Å². The van der Waals surface area contributed by atoms with Gasteiger partial charge in [0.05, 0.1) is 22.8 Å². The van der Waals surface area contributed by atoms with E-state index >= 15 is 0 Å². The van der Waals surface area contributed by atoms with Gasteiger partial charge in [-0.2, -0.15) is 0 Å². The maximum atomic E-state index is 5.13. The van der Waals surface area contributed by atoms with E-state index in [1.807, 2.05) is 0 Å². The smallest absolute Gasteiger partial charge is 0.0848 e. The second-order valence-electron chi connectivity index (χ2n) is 15.8. The topological polar surface area (TPSA) is 24.7 Å². The van der Waals surface area contributed by atoms with Crippen molar-refractivity contribution in [2.75, 3.05) is 0 Å². The summed E-state index contributed by atoms with van der Waals surface area (Å²) in [5.74, 6) is 0. The number of aliphatic imine (C=N–C) groups is 2. The Balaban J connectivity index is 0.0000135. The van der Waals surface area contributed by atoms with Gasteiger partial charge in [-0.15, -0.1) is 0 Å². The normalized spacial score (nSPS) is 12.2. The first kappa shape index (κ1) is 48.0. The fourth-order valence-corrected chi connectivity index (χ4v) is 7.44. The van der Waals surface area contributed by atoms with E-state index in [9.17, 15) is 0 Å². The Labute approximate surface area is 333 Å². The molecule has 0 heterocycles. The van der Waals surface area contributed by atoms with Crippen LogP contribution in [0.5, 0.6) is 0 Å². The second kappa shape index (κ2) is 32.4. The number of hydrogen-bond donors (Lipinski definition) is 0. The van der Waals surface area contributed by atoms with Gasteiger partial charge in [-0.25, -0.2) is 4.99 Å². The molecule has 2 aromatic carbocycles. The molecule has 0 saturated heterocycles. The summed E-state index contributed by atoms with van der Waals surface area (Å²) in [6.07, 6.45) is 42.4. The van der Waals surface area contributed by atoms with Crippen LogP contribution in [0.4, 0.5) is 11.4 Å². The second-order valence-corrected chi connectivity index (χ2v) is 15.8. The number of unbranched alkanes of at least 4 members (excludes halogenated alkanes) is 25. The molecule has 0 aromatic heterocycles. The van der Waals surface area contributed by atoms with Crippen LogP contribution in [0.2, 0.25) is 0 Å². The van der Waals surface area contributed by atoms with Crippen LogP contribution in [0.25, 0.3) is 0 Å². The van der Waals surface area contributed by atoms with Gasteiger partial charge in [0.1, 0.15) is 0 Å². The van der Waals surface area contributed by atoms with Crippen molar-refractivity contribution in [3.8, 4) is 0 Å². The molecule has 52 heavy (non-hydrogen) atoms. The molecule has 0 aliphatic rings. The van der Waals surface area contributed by atoms with Gasteiger partial charge >= 0.3 is 0 Å². The van der Waals surface area contributed by atoms with E-state index in [0.29, 0.717) is 0 Å². The minimum atomic E-state index is 0. The van der Waals surface area contributed by atoms with E-state index in [-0.39, 0.29) is 16.5 Å². The first-order chi connectivity index (χ1) is 24.9. The Kier molecular flexibility index (Phi) is 30.0. The third-order valence-electron chi connectivity index (χ3n) is 10.3. The fourth-order valence-electron chi connectivity index (χ4n) is 7.44. The molecular formula is C49H80N2Ni. The zero-order valence-electron chi connectivity index (χ0n) is 34.9. The van der Waals surface area contributed by atoms with Crippen LogP contribution >= 0.6 is 0 Å². The summed E-state index contributed by atoms with van der Waals surface area (Å²) in [7, 11) is 0. The first-order valence-electron chi connectivity index (χ1n) is 21.9. The van der Waals surface area contributed by atoms with Crippen molar-refractivity contribution >= 4 is 22.8 Å². The van der Waals surface area contributed by atoms with Crippen LogP contribution in [-0.2, 0) is 16.5 Å². The van der Waals surface area contributed by atoms with Crippen LogP contribution < -0.4 is 0 Å². The van der Waals surface area contributed by atoms with Crippen molar-refractivity contribution in [2.45, 2.75) is 215 Å². The molecule has 0 N–H and O–H groups in total. The van der Waals surface area contributed by atoms with Gasteiger partial charge in [0, 0.05) is 16.5 Å². The van der Waals surface area contributed by atoms with Gasteiger partial charge < -0.3 is 0 Å². The van der Waals surface area contributed by atoms with Crippen molar-refractivity contribution in [2.24, 2.45) is 9.98 Å². The van der Waals surface area contributed by atoms with E-state index in [1.165, 1.54) is 183 Å². The SMILES string of the molecule is CCCCCCCCCCCCCCCCCCCCCCCCCCC/C=C/C(=N\c1cc(C)cc(C)c1)C(/CC)=N/c1cc(C)cc(C)c1.[Ni]. The average molecular weight is 756 g/mol. The largest absolute Gasteiger partial charge is 0.251 e. The zero-order chi connectivity index (χ0) is 36.8.